The summed E-state index contributed by atoms with van der Waals surface area (Å²) < 4.78 is 5.55. The Morgan fingerprint density at radius 2 is 1.29 bits per heavy atom. The highest BCUT2D eigenvalue weighted by Crippen LogP contribution is 2.29. The lowest BCUT2D eigenvalue weighted by Gasteiger charge is -2.02. The Morgan fingerprint density at radius 3 is 1.71 bits per heavy atom. The third-order valence-corrected chi connectivity index (χ3v) is 4.47. The van der Waals surface area contributed by atoms with E-state index in [1.165, 1.54) is 70.6 Å². The van der Waals surface area contributed by atoms with Crippen LogP contribution >= 0.6 is 0 Å². The van der Waals surface area contributed by atoms with Crippen molar-refractivity contribution in [2.75, 3.05) is 0 Å². The van der Waals surface area contributed by atoms with Crippen molar-refractivity contribution in [3.05, 3.63) is 0 Å². The monoisotopic (exact) mass is 298 g/mol. The first-order chi connectivity index (χ1) is 10.2. The molecule has 2 atom stereocenters. The van der Waals surface area contributed by atoms with Crippen molar-refractivity contribution in [1.29, 1.82) is 0 Å². The summed E-state index contributed by atoms with van der Waals surface area (Å²) in [5, 5.41) is 8.53. The highest BCUT2D eigenvalue weighted by atomic mass is 16.6. The maximum Gasteiger partial charge on any atom is 0.303 e. The molecule has 0 aromatic heterocycles. The molecule has 0 bridgehead atoms. The molecule has 0 radical (unpaired) electrons. The molecule has 1 heterocycles. The molecular weight excluding hydrogens is 264 g/mol. The van der Waals surface area contributed by atoms with Gasteiger partial charge in [0, 0.05) is 6.42 Å². The summed E-state index contributed by atoms with van der Waals surface area (Å²) in [6.07, 6.45) is 17.9. The molecule has 1 fully saturated rings. The first-order valence-electron chi connectivity index (χ1n) is 9.11. The molecule has 1 N–H and O–H groups in total. The Hall–Kier alpha value is -0.570. The van der Waals surface area contributed by atoms with Crippen molar-refractivity contribution < 1.29 is 14.6 Å². The molecule has 0 unspecified atom stereocenters. The molecule has 0 aromatic carbocycles. The number of unbranched alkanes of at least 4 members (excludes halogenated alkanes) is 10. The van der Waals surface area contributed by atoms with E-state index in [2.05, 4.69) is 6.92 Å². The number of carbonyl (C=O) groups is 1. The van der Waals surface area contributed by atoms with Crippen LogP contribution < -0.4 is 0 Å². The molecule has 0 amide bonds. The van der Waals surface area contributed by atoms with Gasteiger partial charge in [-0.25, -0.2) is 0 Å². The molecule has 3 heteroatoms. The van der Waals surface area contributed by atoms with E-state index in [0.29, 0.717) is 18.6 Å². The second kappa shape index (κ2) is 12.0. The van der Waals surface area contributed by atoms with Gasteiger partial charge < -0.3 is 9.84 Å². The fourth-order valence-electron chi connectivity index (χ4n) is 3.00. The minimum absolute atomic E-state index is 0.338. The highest BCUT2D eigenvalue weighted by molar-refractivity contribution is 5.66. The maximum absolute atomic E-state index is 10.3. The highest BCUT2D eigenvalue weighted by Gasteiger charge is 2.35. The van der Waals surface area contributed by atoms with Crippen LogP contribution in [0.5, 0.6) is 0 Å². The van der Waals surface area contributed by atoms with Crippen LogP contribution in [0.15, 0.2) is 0 Å². The predicted molar refractivity (Wildman–Crippen MR) is 86.6 cm³/mol. The van der Waals surface area contributed by atoms with Crippen molar-refractivity contribution >= 4 is 5.97 Å². The van der Waals surface area contributed by atoms with Gasteiger partial charge >= 0.3 is 5.97 Å². The van der Waals surface area contributed by atoms with Crippen molar-refractivity contribution in [3.63, 3.8) is 0 Å². The van der Waals surface area contributed by atoms with E-state index < -0.39 is 5.97 Å². The molecule has 1 saturated heterocycles. The van der Waals surface area contributed by atoms with E-state index in [1.54, 1.807) is 0 Å². The van der Waals surface area contributed by atoms with Gasteiger partial charge in [0.15, 0.2) is 0 Å². The Bertz CT molecular complexity index is 265. The molecule has 0 spiro atoms. The van der Waals surface area contributed by atoms with Gasteiger partial charge in [-0.2, -0.15) is 0 Å². The van der Waals surface area contributed by atoms with Gasteiger partial charge in [0.1, 0.15) is 0 Å². The minimum atomic E-state index is -0.659. The van der Waals surface area contributed by atoms with Crippen LogP contribution in [-0.4, -0.2) is 23.3 Å². The number of rotatable bonds is 15. The van der Waals surface area contributed by atoms with Crippen LogP contribution in [0.1, 0.15) is 96.8 Å². The molecule has 0 saturated carbocycles. The van der Waals surface area contributed by atoms with E-state index in [-0.39, 0.29) is 0 Å². The van der Waals surface area contributed by atoms with Crippen molar-refractivity contribution in [2.24, 2.45) is 0 Å². The lowest BCUT2D eigenvalue weighted by Crippen LogP contribution is -1.93. The number of carboxylic acids is 1. The van der Waals surface area contributed by atoms with Crippen LogP contribution in [0.3, 0.4) is 0 Å². The summed E-state index contributed by atoms with van der Waals surface area (Å²) in [6.45, 7) is 2.21. The second-order valence-corrected chi connectivity index (χ2v) is 6.44. The number of hydrogen-bond acceptors (Lipinski definition) is 2. The first-order valence-corrected chi connectivity index (χ1v) is 9.11. The van der Waals surface area contributed by atoms with Crippen LogP contribution in [-0.2, 0) is 9.53 Å². The third kappa shape index (κ3) is 10.8. The largest absolute Gasteiger partial charge is 0.481 e. The van der Waals surface area contributed by atoms with E-state index in [0.717, 1.165) is 12.8 Å². The van der Waals surface area contributed by atoms with Crippen LogP contribution in [0.4, 0.5) is 0 Å². The van der Waals surface area contributed by atoms with Crippen LogP contribution in [0.2, 0.25) is 0 Å². The summed E-state index contributed by atoms with van der Waals surface area (Å²) in [5.41, 5.74) is 0. The average Bonchev–Trinajstić information content (AvgIpc) is 3.22. The third-order valence-electron chi connectivity index (χ3n) is 4.47. The molecule has 124 valence electrons. The van der Waals surface area contributed by atoms with Gasteiger partial charge in [0.2, 0.25) is 0 Å². The first kappa shape index (κ1) is 18.5. The van der Waals surface area contributed by atoms with Gasteiger partial charge in [-0.1, -0.05) is 71.1 Å². The van der Waals surface area contributed by atoms with Gasteiger partial charge in [-0.05, 0) is 19.3 Å². The van der Waals surface area contributed by atoms with Crippen LogP contribution in [0, 0.1) is 0 Å². The number of carboxylic acid groups (broad SMARTS) is 1. The molecule has 3 nitrogen and oxygen atoms in total. The van der Waals surface area contributed by atoms with Gasteiger partial charge in [0.05, 0.1) is 12.2 Å². The molecule has 1 rings (SSSR count). The van der Waals surface area contributed by atoms with Crippen molar-refractivity contribution in [1.82, 2.24) is 0 Å². The molecular formula is C18H34O3. The zero-order chi connectivity index (χ0) is 15.3. The smallest absolute Gasteiger partial charge is 0.303 e. The summed E-state index contributed by atoms with van der Waals surface area (Å²) >= 11 is 0. The predicted octanol–water partition coefficient (Wildman–Crippen LogP) is 5.32. The average molecular weight is 298 g/mol. The van der Waals surface area contributed by atoms with Crippen molar-refractivity contribution in [2.45, 2.75) is 109 Å². The standard InChI is InChI=1S/C18H34O3/c1-2-16-17(21-16)14-12-10-8-6-4-3-5-7-9-11-13-15-18(19)20/h16-17H,2-15H2,1H3,(H,19,20)/t16-,17+/m0/s1. The summed E-state index contributed by atoms with van der Waals surface area (Å²) in [6, 6.07) is 0. The number of epoxide rings is 1. The minimum Gasteiger partial charge on any atom is -0.481 e. The maximum atomic E-state index is 10.3. The second-order valence-electron chi connectivity index (χ2n) is 6.44. The lowest BCUT2D eigenvalue weighted by molar-refractivity contribution is -0.137. The zero-order valence-corrected chi connectivity index (χ0v) is 13.8. The molecule has 0 aromatic rings. The van der Waals surface area contributed by atoms with E-state index in [1.807, 2.05) is 0 Å². The van der Waals surface area contributed by atoms with E-state index in [9.17, 15) is 4.79 Å². The molecule has 0 aliphatic carbocycles. The van der Waals surface area contributed by atoms with Gasteiger partial charge in [-0.15, -0.1) is 0 Å². The number of aliphatic carboxylic acids is 1. The number of hydrogen-bond donors (Lipinski definition) is 1. The number of ether oxygens (including phenoxy) is 1. The van der Waals surface area contributed by atoms with E-state index in [4.69, 9.17) is 9.84 Å². The zero-order valence-electron chi connectivity index (χ0n) is 13.8. The topological polar surface area (TPSA) is 49.8 Å². The quantitative estimate of drug-likeness (QED) is 0.329. The Balaban J connectivity index is 1.66. The molecule has 1 aliphatic heterocycles. The SMILES string of the molecule is CC[C@@H]1O[C@@H]1CCCCCCCCCCCCCC(=O)O. The van der Waals surface area contributed by atoms with Gasteiger partial charge in [-0.3, -0.25) is 4.79 Å². The lowest BCUT2D eigenvalue weighted by atomic mass is 10.0. The van der Waals surface area contributed by atoms with Gasteiger partial charge in [0.25, 0.3) is 0 Å². The Morgan fingerprint density at radius 1 is 0.810 bits per heavy atom. The fraction of sp³-hybridized carbons (Fsp3) is 0.944. The van der Waals surface area contributed by atoms with Crippen LogP contribution in [0.25, 0.3) is 0 Å². The normalized spacial score (nSPS) is 20.6. The molecule has 1 aliphatic rings. The fourth-order valence-corrected chi connectivity index (χ4v) is 3.00. The van der Waals surface area contributed by atoms with E-state index >= 15 is 0 Å². The summed E-state index contributed by atoms with van der Waals surface area (Å²) in [7, 11) is 0. The summed E-state index contributed by atoms with van der Waals surface area (Å²) in [4.78, 5) is 10.3. The summed E-state index contributed by atoms with van der Waals surface area (Å²) in [5.74, 6) is -0.659. The Labute approximate surface area is 130 Å². The van der Waals surface area contributed by atoms with Crippen molar-refractivity contribution in [3.8, 4) is 0 Å². The molecule has 21 heavy (non-hydrogen) atoms. The Kier molecular flexibility index (Phi) is 10.6.